The van der Waals surface area contributed by atoms with Gasteiger partial charge in [-0.15, -0.1) is 0 Å². The molecule has 4 rings (SSSR count). The van der Waals surface area contributed by atoms with Gasteiger partial charge >= 0.3 is 5.97 Å². The number of rotatable bonds is 12. The fraction of sp³-hybridized carbons (Fsp3) is 0.424. The van der Waals surface area contributed by atoms with E-state index < -0.39 is 17.7 Å². The van der Waals surface area contributed by atoms with E-state index in [2.05, 4.69) is 0 Å². The molecule has 2 atom stereocenters. The van der Waals surface area contributed by atoms with E-state index >= 15 is 8.78 Å². The Balaban J connectivity index is 1.66. The van der Waals surface area contributed by atoms with Crippen LogP contribution in [0.1, 0.15) is 75.2 Å². The lowest BCUT2D eigenvalue weighted by Crippen LogP contribution is -2.21. The lowest BCUT2D eigenvalue weighted by molar-refractivity contribution is -0.137. The quantitative estimate of drug-likeness (QED) is 0.245. The van der Waals surface area contributed by atoms with Gasteiger partial charge in [0.15, 0.2) is 11.6 Å². The number of benzene rings is 3. The van der Waals surface area contributed by atoms with Gasteiger partial charge in [0, 0.05) is 12.7 Å². The minimum absolute atomic E-state index is 0.0705. The summed E-state index contributed by atoms with van der Waals surface area (Å²) in [6, 6.07) is 15.1. The lowest BCUT2D eigenvalue weighted by Gasteiger charge is -2.32. The first-order valence-corrected chi connectivity index (χ1v) is 13.6. The first kappa shape index (κ1) is 29.5. The van der Waals surface area contributed by atoms with Crippen LogP contribution >= 0.6 is 0 Å². The highest BCUT2D eigenvalue weighted by molar-refractivity contribution is 5.71. The van der Waals surface area contributed by atoms with Gasteiger partial charge in [-0.25, -0.2) is 8.78 Å². The predicted molar refractivity (Wildman–Crippen MR) is 151 cm³/mol. The molecule has 3 aromatic rings. The molecule has 0 radical (unpaired) electrons. The molecule has 1 aliphatic carbocycles. The van der Waals surface area contributed by atoms with E-state index in [1.54, 1.807) is 37.4 Å². The van der Waals surface area contributed by atoms with Crippen molar-refractivity contribution >= 4 is 5.97 Å². The van der Waals surface area contributed by atoms with Crippen molar-refractivity contribution in [3.8, 4) is 22.6 Å². The Morgan fingerprint density at radius 2 is 1.75 bits per heavy atom. The number of carboxylic acid groups (broad SMARTS) is 1. The van der Waals surface area contributed by atoms with E-state index in [9.17, 15) is 9.90 Å². The van der Waals surface area contributed by atoms with Crippen LogP contribution < -0.4 is 9.47 Å². The molecule has 0 spiro atoms. The van der Waals surface area contributed by atoms with E-state index in [-0.39, 0.29) is 36.1 Å². The second kappa shape index (κ2) is 12.4. The number of hydrogen-bond acceptors (Lipinski definition) is 4. The molecule has 1 saturated carbocycles. The average Bonchev–Trinajstić information content (AvgIpc) is 3.72. The monoisotopic (exact) mass is 552 g/mol. The van der Waals surface area contributed by atoms with Gasteiger partial charge in [-0.1, -0.05) is 57.9 Å². The summed E-state index contributed by atoms with van der Waals surface area (Å²) in [7, 11) is 3.16. The molecule has 7 heteroatoms. The molecule has 5 nitrogen and oxygen atoms in total. The molecule has 0 heterocycles. The van der Waals surface area contributed by atoms with E-state index in [1.807, 2.05) is 39.0 Å². The summed E-state index contributed by atoms with van der Waals surface area (Å²) in [6.07, 6.45) is 2.29. The number of carbonyl (C=O) groups is 1. The van der Waals surface area contributed by atoms with Crippen molar-refractivity contribution < 1.29 is 32.9 Å². The van der Waals surface area contributed by atoms with Crippen molar-refractivity contribution in [2.75, 3.05) is 14.2 Å². The molecule has 214 valence electrons. The third-order valence-corrected chi connectivity index (χ3v) is 7.45. The first-order chi connectivity index (χ1) is 19.0. The van der Waals surface area contributed by atoms with Crippen LogP contribution in [0, 0.1) is 23.0 Å². The SMILES string of the molecule is COc1ccc(F)c(-c2ccc(COc3cccc([C@H](CC(=O)O)CC4CC4)c3F)cc2[C@H](OC)C(C)(C)C)c1. The predicted octanol–water partition coefficient (Wildman–Crippen LogP) is 8.31. The Kier molecular flexibility index (Phi) is 9.14. The molecule has 0 unspecified atom stereocenters. The Bertz CT molecular complexity index is 1340. The molecule has 0 aromatic heterocycles. The zero-order chi connectivity index (χ0) is 29.0. The molecular weight excluding hydrogens is 514 g/mol. The van der Waals surface area contributed by atoms with Crippen LogP contribution in [0.3, 0.4) is 0 Å². The van der Waals surface area contributed by atoms with Crippen LogP contribution in [0.4, 0.5) is 8.78 Å². The molecule has 0 bridgehead atoms. The molecule has 0 aliphatic heterocycles. The van der Waals surface area contributed by atoms with Crippen LogP contribution in [-0.4, -0.2) is 25.3 Å². The molecular formula is C33H38F2O5. The third-order valence-electron chi connectivity index (χ3n) is 7.45. The summed E-state index contributed by atoms with van der Waals surface area (Å²) in [6.45, 7) is 6.21. The van der Waals surface area contributed by atoms with Gasteiger partial charge < -0.3 is 19.3 Å². The second-order valence-corrected chi connectivity index (χ2v) is 11.7. The number of hydrogen-bond donors (Lipinski definition) is 1. The van der Waals surface area contributed by atoms with Crippen LogP contribution in [0.15, 0.2) is 54.6 Å². The maximum atomic E-state index is 15.6. The summed E-state index contributed by atoms with van der Waals surface area (Å²) in [5, 5.41) is 9.40. The zero-order valence-electron chi connectivity index (χ0n) is 23.8. The summed E-state index contributed by atoms with van der Waals surface area (Å²) < 4.78 is 47.8. The van der Waals surface area contributed by atoms with Gasteiger partial charge in [-0.3, -0.25) is 4.79 Å². The second-order valence-electron chi connectivity index (χ2n) is 11.7. The Labute approximate surface area is 235 Å². The molecule has 0 saturated heterocycles. The van der Waals surface area contributed by atoms with Gasteiger partial charge in [0.2, 0.25) is 0 Å². The Morgan fingerprint density at radius 3 is 2.38 bits per heavy atom. The Morgan fingerprint density at radius 1 is 1.00 bits per heavy atom. The highest BCUT2D eigenvalue weighted by Gasteiger charge is 2.31. The molecule has 1 aliphatic rings. The molecule has 40 heavy (non-hydrogen) atoms. The van der Waals surface area contributed by atoms with Crippen molar-refractivity contribution in [2.24, 2.45) is 11.3 Å². The summed E-state index contributed by atoms with van der Waals surface area (Å²) in [5.41, 5.74) is 2.68. The van der Waals surface area contributed by atoms with Crippen molar-refractivity contribution in [3.63, 3.8) is 0 Å². The van der Waals surface area contributed by atoms with Gasteiger partial charge in [0.1, 0.15) is 18.2 Å². The zero-order valence-corrected chi connectivity index (χ0v) is 23.8. The topological polar surface area (TPSA) is 65.0 Å². The minimum atomic E-state index is -0.942. The van der Waals surface area contributed by atoms with Crippen molar-refractivity contribution in [2.45, 2.75) is 65.1 Å². The normalized spacial score (nSPS) is 15.0. The number of aliphatic carboxylic acids is 1. The standard InChI is InChI=1S/C33H38F2O5/c1-33(2,3)32(39-5)27-16-21(11-13-25(27)26-18-23(38-4)12-14-28(26)34)19-40-29-8-6-7-24(31(29)35)22(17-30(36)37)15-20-9-10-20/h6-8,11-14,16,18,20,22,32H,9-10,15,17,19H2,1-5H3,(H,36,37)/t22-,32-/m0/s1. The van der Waals surface area contributed by atoms with Gasteiger partial charge in [-0.2, -0.15) is 0 Å². The van der Waals surface area contributed by atoms with E-state index in [1.165, 1.54) is 13.2 Å². The molecule has 0 amide bonds. The molecule has 1 N–H and O–H groups in total. The minimum Gasteiger partial charge on any atom is -0.497 e. The molecule has 3 aromatic carbocycles. The highest BCUT2D eigenvalue weighted by Crippen LogP contribution is 2.43. The van der Waals surface area contributed by atoms with Crippen molar-refractivity contribution in [1.82, 2.24) is 0 Å². The van der Waals surface area contributed by atoms with Gasteiger partial charge in [0.05, 0.1) is 19.6 Å². The number of halogens is 2. The maximum absolute atomic E-state index is 15.6. The number of carboxylic acids is 1. The average molecular weight is 553 g/mol. The fourth-order valence-electron chi connectivity index (χ4n) is 5.35. The first-order valence-electron chi connectivity index (χ1n) is 13.6. The van der Waals surface area contributed by atoms with Gasteiger partial charge in [0.25, 0.3) is 0 Å². The van der Waals surface area contributed by atoms with E-state index in [0.717, 1.165) is 24.0 Å². The highest BCUT2D eigenvalue weighted by atomic mass is 19.1. The Hall–Kier alpha value is -3.45. The summed E-state index contributed by atoms with van der Waals surface area (Å²) in [5.74, 6) is -1.17. The number of ether oxygens (including phenoxy) is 3. The number of methoxy groups -OCH3 is 2. The van der Waals surface area contributed by atoms with Crippen LogP contribution in [0.2, 0.25) is 0 Å². The summed E-state index contributed by atoms with van der Waals surface area (Å²) in [4.78, 5) is 11.5. The fourth-order valence-corrected chi connectivity index (χ4v) is 5.35. The summed E-state index contributed by atoms with van der Waals surface area (Å²) >= 11 is 0. The van der Waals surface area contributed by atoms with E-state index in [0.29, 0.717) is 34.8 Å². The van der Waals surface area contributed by atoms with Crippen LogP contribution in [0.5, 0.6) is 11.5 Å². The van der Waals surface area contributed by atoms with Crippen molar-refractivity contribution in [3.05, 3.63) is 82.9 Å². The maximum Gasteiger partial charge on any atom is 0.303 e. The van der Waals surface area contributed by atoms with Crippen molar-refractivity contribution in [1.29, 1.82) is 0 Å². The van der Waals surface area contributed by atoms with Crippen LogP contribution in [-0.2, 0) is 16.1 Å². The van der Waals surface area contributed by atoms with Crippen LogP contribution in [0.25, 0.3) is 11.1 Å². The molecule has 1 fully saturated rings. The van der Waals surface area contributed by atoms with Gasteiger partial charge in [-0.05, 0) is 76.3 Å². The lowest BCUT2D eigenvalue weighted by atomic mass is 9.81. The van der Waals surface area contributed by atoms with E-state index in [4.69, 9.17) is 14.2 Å². The largest absolute Gasteiger partial charge is 0.497 e. The third kappa shape index (κ3) is 7.00. The smallest absolute Gasteiger partial charge is 0.303 e.